The minimum atomic E-state index is 0.105. The van der Waals surface area contributed by atoms with E-state index in [1.165, 1.54) is 5.56 Å². The number of nitrogens with zero attached hydrogens (tertiary/aromatic N) is 1. The molecule has 2 aromatic rings. The largest absolute Gasteiger partial charge is 0.493 e. The van der Waals surface area contributed by atoms with E-state index in [0.29, 0.717) is 18.1 Å². The van der Waals surface area contributed by atoms with Crippen LogP contribution in [-0.2, 0) is 11.2 Å². The van der Waals surface area contributed by atoms with Gasteiger partial charge in [0.05, 0.1) is 6.61 Å². The van der Waals surface area contributed by atoms with Crippen molar-refractivity contribution in [2.24, 2.45) is 5.92 Å². The fourth-order valence-corrected chi connectivity index (χ4v) is 3.54. The first-order valence-electron chi connectivity index (χ1n) is 9.81. The average molecular weight is 367 g/mol. The smallest absolute Gasteiger partial charge is 0.253 e. The zero-order valence-electron chi connectivity index (χ0n) is 16.1. The van der Waals surface area contributed by atoms with Crippen LogP contribution in [0.5, 0.6) is 5.75 Å². The molecule has 1 heterocycles. The van der Waals surface area contributed by atoms with Crippen LogP contribution in [0.2, 0.25) is 0 Å². The molecule has 0 saturated carbocycles. The molecule has 1 aliphatic heterocycles. The molecule has 1 saturated heterocycles. The molecule has 0 unspecified atom stereocenters. The van der Waals surface area contributed by atoms with Crippen molar-refractivity contribution >= 4 is 5.91 Å². The summed E-state index contributed by atoms with van der Waals surface area (Å²) in [6.45, 7) is 3.06. The summed E-state index contributed by atoms with van der Waals surface area (Å²) in [5.41, 5.74) is 1.96. The lowest BCUT2D eigenvalue weighted by Crippen LogP contribution is -2.38. The van der Waals surface area contributed by atoms with E-state index < -0.39 is 0 Å². The number of methoxy groups -OCH3 is 1. The van der Waals surface area contributed by atoms with Gasteiger partial charge in [-0.1, -0.05) is 36.4 Å². The van der Waals surface area contributed by atoms with Crippen LogP contribution in [0.3, 0.4) is 0 Å². The third-order valence-corrected chi connectivity index (χ3v) is 5.22. The quantitative estimate of drug-likeness (QED) is 0.702. The van der Waals surface area contributed by atoms with E-state index >= 15 is 0 Å². The maximum Gasteiger partial charge on any atom is 0.253 e. The number of carbonyl (C=O) groups is 1. The number of carbonyl (C=O) groups excluding carboxylic acids is 1. The van der Waals surface area contributed by atoms with Crippen LogP contribution in [0.15, 0.2) is 54.6 Å². The number of ether oxygens (including phenoxy) is 2. The summed E-state index contributed by atoms with van der Waals surface area (Å²) in [5, 5.41) is 0. The minimum Gasteiger partial charge on any atom is -0.493 e. The molecule has 144 valence electrons. The zero-order chi connectivity index (χ0) is 18.9. The van der Waals surface area contributed by atoms with E-state index in [0.717, 1.165) is 51.1 Å². The molecule has 0 N–H and O–H groups in total. The minimum absolute atomic E-state index is 0.105. The van der Waals surface area contributed by atoms with Crippen molar-refractivity contribution in [2.75, 3.05) is 33.4 Å². The molecular formula is C23H29NO3. The number of likely N-dealkylation sites (tertiary alicyclic amines) is 1. The molecule has 4 nitrogen and oxygen atoms in total. The highest BCUT2D eigenvalue weighted by atomic mass is 16.5. The molecule has 0 radical (unpaired) electrons. The van der Waals surface area contributed by atoms with Crippen molar-refractivity contribution in [2.45, 2.75) is 25.7 Å². The molecule has 1 aliphatic rings. The van der Waals surface area contributed by atoms with Crippen molar-refractivity contribution in [1.82, 2.24) is 4.90 Å². The summed E-state index contributed by atoms with van der Waals surface area (Å²) in [5.74, 6) is 1.53. The number of rotatable bonds is 8. The van der Waals surface area contributed by atoms with Gasteiger partial charge in [0.2, 0.25) is 0 Å². The lowest BCUT2D eigenvalue weighted by molar-refractivity contribution is 0.0669. The molecular weight excluding hydrogens is 338 g/mol. The van der Waals surface area contributed by atoms with Gasteiger partial charge in [-0.3, -0.25) is 4.79 Å². The highest BCUT2D eigenvalue weighted by Crippen LogP contribution is 2.23. The highest BCUT2D eigenvalue weighted by molar-refractivity contribution is 5.94. The summed E-state index contributed by atoms with van der Waals surface area (Å²) in [4.78, 5) is 14.8. The lowest BCUT2D eigenvalue weighted by Gasteiger charge is -2.32. The van der Waals surface area contributed by atoms with E-state index in [9.17, 15) is 4.79 Å². The van der Waals surface area contributed by atoms with Crippen LogP contribution in [0.25, 0.3) is 0 Å². The first kappa shape index (κ1) is 19.4. The van der Waals surface area contributed by atoms with E-state index in [-0.39, 0.29) is 5.91 Å². The molecule has 0 aliphatic carbocycles. The topological polar surface area (TPSA) is 38.8 Å². The number of piperidine rings is 1. The summed E-state index contributed by atoms with van der Waals surface area (Å²) >= 11 is 0. The average Bonchev–Trinajstić information content (AvgIpc) is 2.73. The molecule has 3 rings (SSSR count). The predicted octanol–water partition coefficient (Wildman–Crippen LogP) is 4.20. The van der Waals surface area contributed by atoms with Gasteiger partial charge in [0.15, 0.2) is 0 Å². The monoisotopic (exact) mass is 367 g/mol. The summed E-state index contributed by atoms with van der Waals surface area (Å²) < 4.78 is 11.0. The van der Waals surface area contributed by atoms with Crippen LogP contribution >= 0.6 is 0 Å². The molecule has 0 aromatic heterocycles. The second kappa shape index (κ2) is 10.1. The SMILES string of the molecule is COCCC1CCN(C(=O)c2cccc(OCCc3ccccc3)c2)CC1. The zero-order valence-corrected chi connectivity index (χ0v) is 16.1. The molecule has 4 heteroatoms. The van der Waals surface area contributed by atoms with Gasteiger partial charge < -0.3 is 14.4 Å². The third-order valence-electron chi connectivity index (χ3n) is 5.22. The summed E-state index contributed by atoms with van der Waals surface area (Å²) in [6.07, 6.45) is 4.06. The van der Waals surface area contributed by atoms with Gasteiger partial charge in [-0.25, -0.2) is 0 Å². The maximum absolute atomic E-state index is 12.8. The van der Waals surface area contributed by atoms with E-state index in [1.807, 2.05) is 47.4 Å². The van der Waals surface area contributed by atoms with Crippen LogP contribution in [0.4, 0.5) is 0 Å². The second-order valence-corrected chi connectivity index (χ2v) is 7.13. The predicted molar refractivity (Wildman–Crippen MR) is 107 cm³/mol. The highest BCUT2D eigenvalue weighted by Gasteiger charge is 2.23. The van der Waals surface area contributed by atoms with Crippen LogP contribution < -0.4 is 4.74 Å². The van der Waals surface area contributed by atoms with Gasteiger partial charge >= 0.3 is 0 Å². The van der Waals surface area contributed by atoms with Crippen molar-refractivity contribution < 1.29 is 14.3 Å². The van der Waals surface area contributed by atoms with Gasteiger partial charge in [0, 0.05) is 38.8 Å². The standard InChI is InChI=1S/C23H29NO3/c1-26-16-12-20-10-14-24(15-11-20)23(25)21-8-5-9-22(18-21)27-17-13-19-6-3-2-4-7-19/h2-9,18,20H,10-17H2,1H3. The molecule has 27 heavy (non-hydrogen) atoms. The van der Waals surface area contributed by atoms with Gasteiger partial charge in [-0.2, -0.15) is 0 Å². The van der Waals surface area contributed by atoms with Crippen LogP contribution in [0.1, 0.15) is 35.2 Å². The number of amides is 1. The van der Waals surface area contributed by atoms with Crippen molar-refractivity contribution in [1.29, 1.82) is 0 Å². The van der Waals surface area contributed by atoms with Gasteiger partial charge in [0.1, 0.15) is 5.75 Å². The second-order valence-electron chi connectivity index (χ2n) is 7.13. The maximum atomic E-state index is 12.8. The fourth-order valence-electron chi connectivity index (χ4n) is 3.54. The molecule has 1 amide bonds. The summed E-state index contributed by atoms with van der Waals surface area (Å²) in [6, 6.07) is 17.8. The first-order valence-corrected chi connectivity index (χ1v) is 9.81. The summed E-state index contributed by atoms with van der Waals surface area (Å²) in [7, 11) is 1.74. The third kappa shape index (κ3) is 5.83. The molecule has 0 spiro atoms. The molecule has 0 atom stereocenters. The number of benzene rings is 2. The van der Waals surface area contributed by atoms with Gasteiger partial charge in [-0.15, -0.1) is 0 Å². The Morgan fingerprint density at radius 3 is 2.56 bits per heavy atom. The Balaban J connectivity index is 1.50. The van der Waals surface area contributed by atoms with Gasteiger partial charge in [-0.05, 0) is 48.9 Å². The Bertz CT molecular complexity index is 709. The van der Waals surface area contributed by atoms with E-state index in [1.54, 1.807) is 7.11 Å². The van der Waals surface area contributed by atoms with E-state index in [4.69, 9.17) is 9.47 Å². The Labute approximate surface area is 162 Å². The first-order chi connectivity index (χ1) is 13.3. The molecule has 0 bridgehead atoms. The Kier molecular flexibility index (Phi) is 7.28. The fraction of sp³-hybridized carbons (Fsp3) is 0.435. The number of hydrogen-bond acceptors (Lipinski definition) is 3. The Morgan fingerprint density at radius 2 is 1.81 bits per heavy atom. The van der Waals surface area contributed by atoms with Crippen LogP contribution in [0, 0.1) is 5.92 Å². The van der Waals surface area contributed by atoms with Crippen molar-refractivity contribution in [3.63, 3.8) is 0 Å². The molecule has 1 fully saturated rings. The lowest BCUT2D eigenvalue weighted by atomic mass is 9.93. The molecule has 2 aromatic carbocycles. The van der Waals surface area contributed by atoms with Gasteiger partial charge in [0.25, 0.3) is 5.91 Å². The number of hydrogen-bond donors (Lipinski definition) is 0. The van der Waals surface area contributed by atoms with Crippen molar-refractivity contribution in [3.05, 3.63) is 65.7 Å². The van der Waals surface area contributed by atoms with Crippen LogP contribution in [-0.4, -0.2) is 44.2 Å². The van der Waals surface area contributed by atoms with Crippen molar-refractivity contribution in [3.8, 4) is 5.75 Å². The Hall–Kier alpha value is -2.33. The van der Waals surface area contributed by atoms with E-state index in [2.05, 4.69) is 12.1 Å². The normalized spacial score (nSPS) is 14.9. The Morgan fingerprint density at radius 1 is 1.04 bits per heavy atom.